The number of carbonyl (C=O) groups excluding carboxylic acids is 1. The normalized spacial score (nSPS) is 11.2. The van der Waals surface area contributed by atoms with Gasteiger partial charge in [-0.2, -0.15) is 0 Å². The molecule has 7 heteroatoms. The van der Waals surface area contributed by atoms with Crippen molar-refractivity contribution in [1.82, 2.24) is 10.6 Å². The molecule has 0 aliphatic rings. The molecule has 0 unspecified atom stereocenters. The second-order valence-electron chi connectivity index (χ2n) is 2.63. The summed E-state index contributed by atoms with van der Waals surface area (Å²) in [6, 6.07) is -2.18. The molecule has 2 amide bonds. The Kier molecular flexibility index (Phi) is 5.53. The van der Waals surface area contributed by atoms with Gasteiger partial charge in [0.1, 0.15) is 6.04 Å². The zero-order valence-electron chi connectivity index (χ0n) is 7.90. The first kappa shape index (κ1) is 12.9. The van der Waals surface area contributed by atoms with Crippen LogP contribution in [0.3, 0.4) is 0 Å². The number of carboxylic acid groups (broad SMARTS) is 2. The van der Waals surface area contributed by atoms with Gasteiger partial charge < -0.3 is 20.8 Å². The quantitative estimate of drug-likeness (QED) is 0.442. The van der Waals surface area contributed by atoms with Gasteiger partial charge in [-0.15, -0.1) is 6.58 Å². The average molecular weight is 216 g/mol. The molecule has 0 bridgehead atoms. The number of carboxylic acids is 2. The van der Waals surface area contributed by atoms with Crippen LogP contribution in [-0.4, -0.2) is 40.8 Å². The van der Waals surface area contributed by atoms with Crippen molar-refractivity contribution < 1.29 is 24.6 Å². The van der Waals surface area contributed by atoms with Gasteiger partial charge in [-0.05, 0) is 0 Å². The highest BCUT2D eigenvalue weighted by Gasteiger charge is 2.22. The van der Waals surface area contributed by atoms with Crippen LogP contribution < -0.4 is 10.6 Å². The molecule has 0 aliphatic heterocycles. The van der Waals surface area contributed by atoms with Crippen molar-refractivity contribution in [2.75, 3.05) is 6.54 Å². The van der Waals surface area contributed by atoms with Crippen molar-refractivity contribution in [3.8, 4) is 0 Å². The molecule has 84 valence electrons. The number of urea groups is 1. The molecular formula is C8H12N2O5. The Balaban J connectivity index is 4.16. The number of carbonyl (C=O) groups is 3. The Morgan fingerprint density at radius 2 is 1.93 bits per heavy atom. The molecule has 7 nitrogen and oxygen atoms in total. The van der Waals surface area contributed by atoms with Gasteiger partial charge in [0.25, 0.3) is 0 Å². The minimum absolute atomic E-state index is 0.172. The Hall–Kier alpha value is -2.05. The van der Waals surface area contributed by atoms with Crippen molar-refractivity contribution in [2.24, 2.45) is 0 Å². The van der Waals surface area contributed by atoms with Crippen LogP contribution in [0, 0.1) is 0 Å². The summed E-state index contributed by atoms with van der Waals surface area (Å²) in [6.07, 6.45) is 0.739. The molecule has 0 radical (unpaired) electrons. The van der Waals surface area contributed by atoms with Crippen LogP contribution in [0.5, 0.6) is 0 Å². The summed E-state index contributed by atoms with van der Waals surface area (Å²) in [4.78, 5) is 31.7. The van der Waals surface area contributed by atoms with Crippen molar-refractivity contribution in [3.63, 3.8) is 0 Å². The Labute approximate surface area is 85.8 Å². The summed E-state index contributed by atoms with van der Waals surface area (Å²) >= 11 is 0. The first-order chi connectivity index (χ1) is 6.97. The van der Waals surface area contributed by atoms with Crippen molar-refractivity contribution in [2.45, 2.75) is 12.5 Å². The molecule has 15 heavy (non-hydrogen) atoms. The summed E-state index contributed by atoms with van der Waals surface area (Å²) in [6.45, 7) is 3.51. The first-order valence-corrected chi connectivity index (χ1v) is 4.07. The minimum Gasteiger partial charge on any atom is -0.481 e. The van der Waals surface area contributed by atoms with Crippen LogP contribution in [0.1, 0.15) is 6.42 Å². The molecule has 0 aromatic carbocycles. The van der Waals surface area contributed by atoms with E-state index in [0.717, 1.165) is 0 Å². The van der Waals surface area contributed by atoms with Gasteiger partial charge in [-0.3, -0.25) is 4.79 Å². The van der Waals surface area contributed by atoms with Gasteiger partial charge >= 0.3 is 18.0 Å². The second-order valence-corrected chi connectivity index (χ2v) is 2.63. The van der Waals surface area contributed by atoms with Gasteiger partial charge in [-0.25, -0.2) is 9.59 Å². The highest BCUT2D eigenvalue weighted by atomic mass is 16.4. The maximum atomic E-state index is 11.0. The Morgan fingerprint density at radius 1 is 1.33 bits per heavy atom. The fraction of sp³-hybridized carbons (Fsp3) is 0.375. The van der Waals surface area contributed by atoms with E-state index in [2.05, 4.69) is 11.9 Å². The van der Waals surface area contributed by atoms with E-state index in [4.69, 9.17) is 10.2 Å². The molecule has 0 aromatic heterocycles. The molecule has 0 aliphatic carbocycles. The Bertz CT molecular complexity index is 276. The fourth-order valence-electron chi connectivity index (χ4n) is 0.749. The van der Waals surface area contributed by atoms with Crippen LogP contribution in [0.15, 0.2) is 12.7 Å². The molecule has 0 aromatic rings. The molecule has 4 N–H and O–H groups in total. The fourth-order valence-corrected chi connectivity index (χ4v) is 0.749. The highest BCUT2D eigenvalue weighted by molar-refractivity contribution is 5.86. The van der Waals surface area contributed by atoms with Gasteiger partial charge in [0.2, 0.25) is 0 Å². The number of rotatable bonds is 6. The number of hydrogen-bond donors (Lipinski definition) is 4. The van der Waals surface area contributed by atoms with Crippen LogP contribution in [0.2, 0.25) is 0 Å². The third kappa shape index (κ3) is 6.08. The van der Waals surface area contributed by atoms with Crippen molar-refractivity contribution in [3.05, 3.63) is 12.7 Å². The van der Waals surface area contributed by atoms with E-state index in [1.165, 1.54) is 6.08 Å². The zero-order chi connectivity index (χ0) is 11.8. The third-order valence-electron chi connectivity index (χ3n) is 1.39. The molecule has 0 spiro atoms. The summed E-state index contributed by atoms with van der Waals surface area (Å²) < 4.78 is 0. The van der Waals surface area contributed by atoms with E-state index in [1.807, 2.05) is 5.32 Å². The summed E-state index contributed by atoms with van der Waals surface area (Å²) in [5.74, 6) is -2.70. The number of nitrogens with one attached hydrogen (secondary N) is 2. The maximum Gasteiger partial charge on any atom is 0.326 e. The van der Waals surface area contributed by atoms with E-state index < -0.39 is 30.4 Å². The van der Waals surface area contributed by atoms with E-state index in [9.17, 15) is 14.4 Å². The Morgan fingerprint density at radius 3 is 2.33 bits per heavy atom. The average Bonchev–Trinajstić information content (AvgIpc) is 2.12. The number of aliphatic carboxylic acids is 2. The summed E-state index contributed by atoms with van der Waals surface area (Å²) in [5.41, 5.74) is 0. The lowest BCUT2D eigenvalue weighted by atomic mass is 10.2. The molecule has 0 saturated heterocycles. The smallest absolute Gasteiger partial charge is 0.326 e. The number of amides is 2. The monoisotopic (exact) mass is 216 g/mol. The molecule has 0 fully saturated rings. The molecular weight excluding hydrogens is 204 g/mol. The van der Waals surface area contributed by atoms with Crippen molar-refractivity contribution >= 4 is 18.0 Å². The van der Waals surface area contributed by atoms with Gasteiger partial charge in [0, 0.05) is 6.54 Å². The van der Waals surface area contributed by atoms with E-state index >= 15 is 0 Å². The van der Waals surface area contributed by atoms with Crippen LogP contribution in [0.25, 0.3) is 0 Å². The SMILES string of the molecule is C=CCNC(=O)N[C@@H](CC(=O)O)C(=O)O. The van der Waals surface area contributed by atoms with Gasteiger partial charge in [0.15, 0.2) is 0 Å². The largest absolute Gasteiger partial charge is 0.481 e. The predicted octanol–water partition coefficient (Wildman–Crippen LogP) is -0.600. The maximum absolute atomic E-state index is 11.0. The van der Waals surface area contributed by atoms with Crippen molar-refractivity contribution in [1.29, 1.82) is 0 Å². The second kappa shape index (κ2) is 6.41. The van der Waals surface area contributed by atoms with Gasteiger partial charge in [0.05, 0.1) is 6.42 Å². The lowest BCUT2D eigenvalue weighted by Crippen LogP contribution is -2.46. The predicted molar refractivity (Wildman–Crippen MR) is 50.4 cm³/mol. The van der Waals surface area contributed by atoms with Gasteiger partial charge in [-0.1, -0.05) is 6.08 Å². The summed E-state index contributed by atoms with van der Waals surface area (Å²) in [5, 5.41) is 21.2. The lowest BCUT2D eigenvalue weighted by Gasteiger charge is -2.12. The van der Waals surface area contributed by atoms with Crippen LogP contribution >= 0.6 is 0 Å². The molecule has 1 atom stereocenters. The van der Waals surface area contributed by atoms with E-state index in [-0.39, 0.29) is 6.54 Å². The summed E-state index contributed by atoms with van der Waals surface area (Å²) in [7, 11) is 0. The third-order valence-corrected chi connectivity index (χ3v) is 1.39. The van der Waals surface area contributed by atoms with Crippen LogP contribution in [0.4, 0.5) is 4.79 Å². The standard InChI is InChI=1S/C8H12N2O5/c1-2-3-9-8(15)10-5(7(13)14)4-6(11)12/h2,5H,1,3-4H2,(H,11,12)(H,13,14)(H2,9,10,15)/t5-/m0/s1. The van der Waals surface area contributed by atoms with E-state index in [1.54, 1.807) is 0 Å². The molecule has 0 saturated carbocycles. The first-order valence-electron chi connectivity index (χ1n) is 4.07. The van der Waals surface area contributed by atoms with E-state index in [0.29, 0.717) is 0 Å². The lowest BCUT2D eigenvalue weighted by molar-refractivity contribution is -0.145. The molecule has 0 heterocycles. The topological polar surface area (TPSA) is 116 Å². The van der Waals surface area contributed by atoms with Crippen LogP contribution in [-0.2, 0) is 9.59 Å². The zero-order valence-corrected chi connectivity index (χ0v) is 7.90. The number of hydrogen-bond acceptors (Lipinski definition) is 3. The molecule has 0 rings (SSSR count). The highest BCUT2D eigenvalue weighted by Crippen LogP contribution is 1.92. The minimum atomic E-state index is -1.44.